The number of nitrogens with zero attached hydrogens (tertiary/aromatic N) is 2. The van der Waals surface area contributed by atoms with Crippen LogP contribution in [0.25, 0.3) is 0 Å². The molecule has 0 unspecified atom stereocenters. The van der Waals surface area contributed by atoms with Gasteiger partial charge in [-0.25, -0.2) is 0 Å². The van der Waals surface area contributed by atoms with E-state index in [1.807, 2.05) is 24.3 Å². The molecule has 2 aliphatic heterocycles. The molecule has 0 aromatic heterocycles. The highest BCUT2D eigenvalue weighted by molar-refractivity contribution is 5.99. The van der Waals surface area contributed by atoms with E-state index in [2.05, 4.69) is 22.3 Å². The number of hydrogen-bond donors (Lipinski definition) is 2. The van der Waals surface area contributed by atoms with Gasteiger partial charge in [-0.15, -0.1) is 0 Å². The van der Waals surface area contributed by atoms with E-state index in [4.69, 9.17) is 0 Å². The van der Waals surface area contributed by atoms with Crippen molar-refractivity contribution in [2.24, 2.45) is 0 Å². The Bertz CT molecular complexity index is 889. The van der Waals surface area contributed by atoms with Gasteiger partial charge < -0.3 is 15.3 Å². The van der Waals surface area contributed by atoms with E-state index in [1.54, 1.807) is 17.0 Å². The first-order chi connectivity index (χ1) is 14.6. The topological polar surface area (TPSA) is 72.9 Å². The van der Waals surface area contributed by atoms with Crippen molar-refractivity contribution in [2.75, 3.05) is 24.5 Å². The third-order valence-electron chi connectivity index (χ3n) is 5.93. The van der Waals surface area contributed by atoms with Crippen LogP contribution >= 0.6 is 0 Å². The average Bonchev–Trinajstić information content (AvgIpc) is 3.20. The Balaban J connectivity index is 1.30. The molecule has 2 aliphatic rings. The van der Waals surface area contributed by atoms with Crippen LogP contribution in [0.1, 0.15) is 47.2 Å². The molecule has 0 atom stereocenters. The van der Waals surface area contributed by atoms with E-state index in [1.165, 1.54) is 5.56 Å². The monoisotopic (exact) mass is 407 g/mol. The van der Waals surface area contributed by atoms with E-state index in [-0.39, 0.29) is 17.9 Å². The van der Waals surface area contributed by atoms with Crippen LogP contribution in [-0.2, 0) is 17.9 Å². The van der Waals surface area contributed by atoms with Crippen LogP contribution in [0.5, 0.6) is 0 Å². The van der Waals surface area contributed by atoms with Gasteiger partial charge in [-0.3, -0.25) is 14.5 Å². The molecule has 158 valence electrons. The molecule has 2 saturated heterocycles. The lowest BCUT2D eigenvalue weighted by atomic mass is 10.1. The Morgan fingerprint density at radius 1 is 1.03 bits per heavy atom. The van der Waals surface area contributed by atoms with Gasteiger partial charge in [-0.1, -0.05) is 30.3 Å². The largest absolute Gasteiger partial charge is 0.393 e. The normalized spacial score (nSPS) is 18.0. The summed E-state index contributed by atoms with van der Waals surface area (Å²) in [5.41, 5.74) is 3.65. The predicted molar refractivity (Wildman–Crippen MR) is 116 cm³/mol. The molecule has 2 fully saturated rings. The fourth-order valence-electron chi connectivity index (χ4n) is 4.12. The molecule has 0 radical (unpaired) electrons. The van der Waals surface area contributed by atoms with E-state index in [9.17, 15) is 14.7 Å². The van der Waals surface area contributed by atoms with Crippen molar-refractivity contribution in [3.63, 3.8) is 0 Å². The maximum atomic E-state index is 12.6. The molecule has 6 nitrogen and oxygen atoms in total. The van der Waals surface area contributed by atoms with Crippen LogP contribution in [0.2, 0.25) is 0 Å². The Labute approximate surface area is 177 Å². The second-order valence-electron chi connectivity index (χ2n) is 8.21. The van der Waals surface area contributed by atoms with Crippen LogP contribution < -0.4 is 10.2 Å². The number of benzene rings is 2. The fraction of sp³-hybridized carbons (Fsp3) is 0.417. The number of piperidine rings is 1. The Morgan fingerprint density at radius 2 is 1.77 bits per heavy atom. The van der Waals surface area contributed by atoms with Crippen molar-refractivity contribution in [1.82, 2.24) is 10.2 Å². The average molecular weight is 408 g/mol. The van der Waals surface area contributed by atoms with Gasteiger partial charge in [0, 0.05) is 50.4 Å². The standard InChI is InChI=1S/C24H29N3O3/c28-22-10-13-26(14-11-22)17-19-8-6-18(7-9-19)16-25-24(30)20-3-1-4-21(15-20)27-12-2-5-23(27)29/h1,3-4,6-9,15,22,28H,2,5,10-14,16-17H2,(H,25,30). The number of aliphatic hydroxyl groups is 1. The summed E-state index contributed by atoms with van der Waals surface area (Å²) < 4.78 is 0. The van der Waals surface area contributed by atoms with Crippen LogP contribution in [0.15, 0.2) is 48.5 Å². The molecule has 2 aromatic rings. The highest BCUT2D eigenvalue weighted by atomic mass is 16.3. The van der Waals surface area contributed by atoms with Crippen LogP contribution in [0.4, 0.5) is 5.69 Å². The molecule has 0 spiro atoms. The summed E-state index contributed by atoms with van der Waals surface area (Å²) in [5, 5.41) is 12.6. The lowest BCUT2D eigenvalue weighted by Crippen LogP contribution is -2.35. The van der Waals surface area contributed by atoms with Crippen LogP contribution in [0.3, 0.4) is 0 Å². The Hall–Kier alpha value is -2.70. The van der Waals surface area contributed by atoms with Gasteiger partial charge in [0.2, 0.25) is 5.91 Å². The quantitative estimate of drug-likeness (QED) is 0.772. The Morgan fingerprint density at radius 3 is 2.47 bits per heavy atom. The van der Waals surface area contributed by atoms with E-state index < -0.39 is 0 Å². The van der Waals surface area contributed by atoms with Gasteiger partial charge in [0.15, 0.2) is 0 Å². The number of likely N-dealkylation sites (tertiary alicyclic amines) is 1. The van der Waals surface area contributed by atoms with Crippen molar-refractivity contribution in [3.8, 4) is 0 Å². The molecule has 2 aromatic carbocycles. The minimum atomic E-state index is -0.149. The molecular weight excluding hydrogens is 378 g/mol. The molecule has 30 heavy (non-hydrogen) atoms. The third kappa shape index (κ3) is 5.07. The summed E-state index contributed by atoms with van der Waals surface area (Å²) in [4.78, 5) is 28.6. The number of rotatable bonds is 6. The molecule has 4 rings (SSSR count). The maximum absolute atomic E-state index is 12.6. The molecule has 2 amide bonds. The van der Waals surface area contributed by atoms with Gasteiger partial charge in [-0.2, -0.15) is 0 Å². The van der Waals surface area contributed by atoms with Gasteiger partial charge in [0.25, 0.3) is 5.91 Å². The third-order valence-corrected chi connectivity index (χ3v) is 5.93. The molecule has 0 aliphatic carbocycles. The zero-order chi connectivity index (χ0) is 20.9. The SMILES string of the molecule is O=C(NCc1ccc(CN2CCC(O)CC2)cc1)c1cccc(N2CCCC2=O)c1. The first kappa shape index (κ1) is 20.6. The number of hydrogen-bond acceptors (Lipinski definition) is 4. The molecular formula is C24H29N3O3. The number of carbonyl (C=O) groups is 2. The summed E-state index contributed by atoms with van der Waals surface area (Å²) in [6.07, 6.45) is 2.98. The molecule has 0 bridgehead atoms. The second-order valence-corrected chi connectivity index (χ2v) is 8.21. The summed E-state index contributed by atoms with van der Waals surface area (Å²) in [7, 11) is 0. The number of anilines is 1. The number of amides is 2. The first-order valence-corrected chi connectivity index (χ1v) is 10.8. The molecule has 6 heteroatoms. The van der Waals surface area contributed by atoms with Gasteiger partial charge >= 0.3 is 0 Å². The lowest BCUT2D eigenvalue weighted by molar-refractivity contribution is -0.117. The number of aliphatic hydroxyl groups excluding tert-OH is 1. The Kier molecular flexibility index (Phi) is 6.45. The van der Waals surface area contributed by atoms with Crippen molar-refractivity contribution in [1.29, 1.82) is 0 Å². The van der Waals surface area contributed by atoms with E-state index in [0.29, 0.717) is 25.1 Å². The number of nitrogens with one attached hydrogen (secondary N) is 1. The molecule has 0 saturated carbocycles. The van der Waals surface area contributed by atoms with Crippen molar-refractivity contribution >= 4 is 17.5 Å². The smallest absolute Gasteiger partial charge is 0.251 e. The lowest BCUT2D eigenvalue weighted by Gasteiger charge is -2.29. The maximum Gasteiger partial charge on any atom is 0.251 e. The molecule has 2 heterocycles. The zero-order valence-electron chi connectivity index (χ0n) is 17.2. The minimum Gasteiger partial charge on any atom is -0.393 e. The highest BCUT2D eigenvalue weighted by Gasteiger charge is 2.22. The molecule has 2 N–H and O–H groups in total. The van der Waals surface area contributed by atoms with Crippen molar-refractivity contribution in [2.45, 2.75) is 44.9 Å². The minimum absolute atomic E-state index is 0.119. The van der Waals surface area contributed by atoms with E-state index in [0.717, 1.165) is 50.1 Å². The van der Waals surface area contributed by atoms with Crippen molar-refractivity contribution in [3.05, 3.63) is 65.2 Å². The highest BCUT2D eigenvalue weighted by Crippen LogP contribution is 2.22. The summed E-state index contributed by atoms with van der Waals surface area (Å²) in [5.74, 6) is -0.0205. The predicted octanol–water partition coefficient (Wildman–Crippen LogP) is 2.70. The zero-order valence-corrected chi connectivity index (χ0v) is 17.2. The fourth-order valence-corrected chi connectivity index (χ4v) is 4.12. The first-order valence-electron chi connectivity index (χ1n) is 10.8. The van der Waals surface area contributed by atoms with E-state index >= 15 is 0 Å². The van der Waals surface area contributed by atoms with Crippen LogP contribution in [0, 0.1) is 0 Å². The van der Waals surface area contributed by atoms with Gasteiger partial charge in [0.1, 0.15) is 0 Å². The van der Waals surface area contributed by atoms with Gasteiger partial charge in [0.05, 0.1) is 6.10 Å². The summed E-state index contributed by atoms with van der Waals surface area (Å²) in [6, 6.07) is 15.6. The van der Waals surface area contributed by atoms with Crippen LogP contribution in [-0.4, -0.2) is 47.6 Å². The van der Waals surface area contributed by atoms with Gasteiger partial charge in [-0.05, 0) is 48.6 Å². The second kappa shape index (κ2) is 9.41. The number of carbonyl (C=O) groups excluding carboxylic acids is 2. The summed E-state index contributed by atoms with van der Waals surface area (Å²) in [6.45, 7) is 3.93. The van der Waals surface area contributed by atoms with Crippen molar-refractivity contribution < 1.29 is 14.7 Å². The summed E-state index contributed by atoms with van der Waals surface area (Å²) >= 11 is 0.